The Balaban J connectivity index is 0.000000222. The number of rotatable bonds is 16. The molecule has 4 heterocycles. The molecule has 4 atom stereocenters. The summed E-state index contributed by atoms with van der Waals surface area (Å²) >= 11 is 3.09. The molecule has 88 heavy (non-hydrogen) atoms. The molecule has 2 aliphatic heterocycles. The fourth-order valence-corrected chi connectivity index (χ4v) is 14.3. The molecule has 4 aliphatic rings. The number of thioether (sulfide) groups is 2. The number of allylic oxidation sites excluding steroid dienone is 3. The second-order valence-electron chi connectivity index (χ2n) is 22.9. The maximum absolute atomic E-state index is 13.9. The van der Waals surface area contributed by atoms with E-state index in [0.717, 1.165) is 88.8 Å². The molecule has 4 unspecified atom stereocenters. The van der Waals surface area contributed by atoms with E-state index >= 15 is 0 Å². The molecule has 2 saturated carbocycles. The second kappa shape index (κ2) is 30.1. The molecule has 6 aromatic rings. The van der Waals surface area contributed by atoms with Crippen molar-refractivity contribution in [2.24, 2.45) is 51.4 Å². The third-order valence-corrected chi connectivity index (χ3v) is 18.1. The van der Waals surface area contributed by atoms with Gasteiger partial charge >= 0.3 is 44.9 Å². The van der Waals surface area contributed by atoms with Gasteiger partial charge in [-0.2, -0.15) is 17.0 Å². The third kappa shape index (κ3) is 15.1. The zero-order valence-electron chi connectivity index (χ0n) is 50.3. The van der Waals surface area contributed by atoms with Crippen LogP contribution in [-0.2, 0) is 49.7 Å². The number of carboxylic acids is 2. The molecule has 0 amide bonds. The van der Waals surface area contributed by atoms with Gasteiger partial charge in [0.1, 0.15) is 6.10 Å². The van der Waals surface area contributed by atoms with Gasteiger partial charge in [0.2, 0.25) is 0 Å². The molecule has 15 nitrogen and oxygen atoms in total. The fourth-order valence-electron chi connectivity index (χ4n) is 12.8. The molecule has 4 aromatic carbocycles. The molecule has 0 radical (unpaired) electrons. The van der Waals surface area contributed by atoms with Crippen LogP contribution in [0.25, 0.3) is 50.4 Å². The Morgan fingerprint density at radius 1 is 0.636 bits per heavy atom. The summed E-state index contributed by atoms with van der Waals surface area (Å²) in [5, 5.41) is 29.4. The quantitative estimate of drug-likeness (QED) is 0.0522. The Hall–Kier alpha value is -8.32. The molecule has 0 bridgehead atoms. The van der Waals surface area contributed by atoms with E-state index in [1.54, 1.807) is 12.2 Å². The molecule has 0 saturated heterocycles. The summed E-state index contributed by atoms with van der Waals surface area (Å²) < 4.78 is 20.7. The summed E-state index contributed by atoms with van der Waals surface area (Å²) in [6, 6.07) is 40.4. The number of nitriles is 1. The summed E-state index contributed by atoms with van der Waals surface area (Å²) in [4.78, 5) is 73.2. The Kier molecular flexibility index (Phi) is 22.4. The monoisotopic (exact) mass is 1250 g/mol. The zero-order chi connectivity index (χ0) is 63.3. The predicted molar refractivity (Wildman–Crippen MR) is 341 cm³/mol. The molecule has 18 heteroatoms. The topological polar surface area (TPSA) is 225 Å². The second-order valence-corrected chi connectivity index (χ2v) is 24.8. The standard InChI is InChI=1S/2C35H35N3O4S.O.V/c1-20-16-21(2)33(22(3)17-20)42-35(41)29-23(4)37-26(30(29)24-12-8-6-9-13-24)18-27-31(25-14-10-7-11-15-25)32(36-5)34(38-27)43-19-28(39)40;1-20-15-21(2)30(22(3)16-20)35(41)42-33-23(4)37-28(32(33)25-13-9-6-10-14-25)17-27-31(24-11-7-5-8-12-24)26(18-36)34(38-27)43-19-29(39)40;;/h6-15,18,20-22,33H,16-17,19H2,1-4H3,(H2,37,38,39,40,41);5-14,17,20-22,30,36H,15-16,19H2,1-4H3,(H,39,40);;/q;;;+2/p-2/b;28-17-;;. The van der Waals surface area contributed by atoms with E-state index in [0.29, 0.717) is 101 Å². The maximum atomic E-state index is 13.9. The van der Waals surface area contributed by atoms with Crippen LogP contribution in [0.15, 0.2) is 164 Å². The van der Waals surface area contributed by atoms with Crippen molar-refractivity contribution in [2.45, 2.75) is 97.2 Å². The van der Waals surface area contributed by atoms with Crippen LogP contribution in [0.5, 0.6) is 0 Å². The number of esters is 2. The summed E-state index contributed by atoms with van der Waals surface area (Å²) in [5.41, 5.74) is 10.0. The van der Waals surface area contributed by atoms with Crippen LogP contribution in [0.1, 0.15) is 109 Å². The van der Waals surface area contributed by atoms with E-state index in [2.05, 4.69) is 52.5 Å². The number of carbonyl (C=O) groups excluding carboxylic acids is 2. The van der Waals surface area contributed by atoms with E-state index in [-0.39, 0.29) is 59.1 Å². The van der Waals surface area contributed by atoms with Crippen molar-refractivity contribution >= 4 is 87.8 Å². The van der Waals surface area contributed by atoms with Gasteiger partial charge in [-0.05, 0) is 114 Å². The van der Waals surface area contributed by atoms with Crippen molar-refractivity contribution in [3.63, 3.8) is 0 Å². The number of ether oxygens (including phenoxy) is 2. The van der Waals surface area contributed by atoms with Gasteiger partial charge in [-0.1, -0.05) is 179 Å². The molecule has 10 rings (SSSR count). The number of nitrogens with zero attached hydrogens (tertiary/aromatic N) is 6. The Bertz CT molecular complexity index is 3830. The Morgan fingerprint density at radius 2 is 1.06 bits per heavy atom. The SMILES string of the molecule is CC1=N/C(=C\c2[n-]c(SCC(=O)O)c(C#N)c2-c2ccccc2)C(c2ccccc2)=C1OC(=O)C1C(C)CC(C)CC1C.[C-]#[N+]c1c(SCC(=O)O)[n-]c(/C=C2\N=C(C)C(C(=O)OC3C(C)CC(C)CC3C)=C2c2ccccc2)c1-c1ccccc1.[O]=[V+2]. The first-order valence-corrected chi connectivity index (χ1v) is 31.6. The zero-order valence-corrected chi connectivity index (χ0v) is 53.3. The van der Waals surface area contributed by atoms with E-state index in [1.165, 1.54) is 0 Å². The molecular formula is C70H68N6O9S2V. The van der Waals surface area contributed by atoms with Crippen LogP contribution in [-0.4, -0.2) is 63.1 Å². The van der Waals surface area contributed by atoms with Gasteiger partial charge in [0, 0.05) is 5.57 Å². The van der Waals surface area contributed by atoms with Crippen molar-refractivity contribution in [3.05, 3.63) is 184 Å². The fraction of sp³-hybridized carbons (Fsp3) is 0.314. The van der Waals surface area contributed by atoms with Gasteiger partial charge in [-0.25, -0.2) is 14.6 Å². The van der Waals surface area contributed by atoms with Crippen molar-refractivity contribution in [1.29, 1.82) is 5.26 Å². The van der Waals surface area contributed by atoms with E-state index in [9.17, 15) is 34.7 Å². The predicted octanol–water partition coefficient (Wildman–Crippen LogP) is 15.2. The van der Waals surface area contributed by atoms with Crippen molar-refractivity contribution in [1.82, 2.24) is 9.97 Å². The summed E-state index contributed by atoms with van der Waals surface area (Å²) in [6.45, 7) is 24.6. The number of hydrogen-bond acceptors (Lipinski definition) is 12. The molecule has 2 N–H and O–H groups in total. The molecule has 449 valence electrons. The van der Waals surface area contributed by atoms with E-state index < -0.39 is 11.9 Å². The number of benzene rings is 4. The van der Waals surface area contributed by atoms with Crippen LogP contribution < -0.4 is 9.97 Å². The summed E-state index contributed by atoms with van der Waals surface area (Å²) in [6.07, 6.45) is 7.42. The van der Waals surface area contributed by atoms with Crippen LogP contribution in [0.4, 0.5) is 5.69 Å². The van der Waals surface area contributed by atoms with Crippen molar-refractivity contribution < 1.29 is 59.9 Å². The Labute approximate surface area is 531 Å². The number of hydrogen-bond donors (Lipinski definition) is 2. The number of carbonyl (C=O) groups is 4. The average Bonchev–Trinajstić information content (AvgIpc) is 1.78. The van der Waals surface area contributed by atoms with Gasteiger partial charge in [-0.15, -0.1) is 23.1 Å². The number of aliphatic carboxylic acids is 2. The van der Waals surface area contributed by atoms with E-state index in [1.807, 2.05) is 135 Å². The van der Waals surface area contributed by atoms with Gasteiger partial charge in [-0.3, -0.25) is 19.4 Å². The van der Waals surface area contributed by atoms with Gasteiger partial charge < -0.3 is 29.7 Å². The molecular weight excluding hydrogens is 1180 g/mol. The first kappa shape index (κ1) is 65.7. The van der Waals surface area contributed by atoms with Crippen molar-refractivity contribution in [2.75, 3.05) is 11.5 Å². The Morgan fingerprint density at radius 3 is 1.55 bits per heavy atom. The number of aliphatic imine (C=N–C) groups is 2. The first-order valence-electron chi connectivity index (χ1n) is 29.1. The van der Waals surface area contributed by atoms with Crippen LogP contribution in [0.2, 0.25) is 0 Å². The van der Waals surface area contributed by atoms with Gasteiger partial charge in [0.15, 0.2) is 11.4 Å². The minimum absolute atomic E-state index is 0.175. The third-order valence-electron chi connectivity index (χ3n) is 16.2. The van der Waals surface area contributed by atoms with Gasteiger partial charge in [0.25, 0.3) is 0 Å². The summed E-state index contributed by atoms with van der Waals surface area (Å²) in [7, 11) is 0. The van der Waals surface area contributed by atoms with E-state index in [4.69, 9.17) is 39.7 Å². The van der Waals surface area contributed by atoms with Crippen LogP contribution in [0.3, 0.4) is 0 Å². The number of carboxylic acid groups (broad SMARTS) is 2. The normalized spacial score (nSPS) is 22.3. The summed E-state index contributed by atoms with van der Waals surface area (Å²) in [5.74, 6) is -0.708. The minimum atomic E-state index is -0.995. The van der Waals surface area contributed by atoms with Crippen LogP contribution in [0, 0.1) is 59.3 Å². The molecule has 2 fully saturated rings. The van der Waals surface area contributed by atoms with Gasteiger partial charge in [0.05, 0.1) is 69.6 Å². The molecule has 0 spiro atoms. The first-order chi connectivity index (χ1) is 42.3. The molecule has 2 aliphatic carbocycles. The average molecular weight is 1250 g/mol. The number of aromatic nitrogens is 2. The van der Waals surface area contributed by atoms with Crippen LogP contribution >= 0.6 is 23.5 Å². The molecule has 2 aromatic heterocycles. The van der Waals surface area contributed by atoms with Crippen molar-refractivity contribution in [3.8, 4) is 28.3 Å².